The maximum absolute atomic E-state index is 13.1. The van der Waals surface area contributed by atoms with Crippen LogP contribution in [-0.2, 0) is 4.79 Å². The zero-order valence-corrected chi connectivity index (χ0v) is 12.8. The van der Waals surface area contributed by atoms with E-state index in [0.29, 0.717) is 11.6 Å². The van der Waals surface area contributed by atoms with Crippen molar-refractivity contribution >= 4 is 11.6 Å². The predicted molar refractivity (Wildman–Crippen MR) is 87.1 cm³/mol. The summed E-state index contributed by atoms with van der Waals surface area (Å²) >= 11 is 0. The molecule has 22 heavy (non-hydrogen) atoms. The summed E-state index contributed by atoms with van der Waals surface area (Å²) in [4.78, 5) is 12.0. The highest BCUT2D eigenvalue weighted by atomic mass is 19.1. The molecule has 0 fully saturated rings. The Hall–Kier alpha value is -2.20. The van der Waals surface area contributed by atoms with Gasteiger partial charge < -0.3 is 10.6 Å². The molecule has 2 N–H and O–H groups in total. The molecule has 1 amide bonds. The second-order valence-electron chi connectivity index (χ2n) is 5.57. The van der Waals surface area contributed by atoms with Crippen LogP contribution in [0.25, 0.3) is 0 Å². The van der Waals surface area contributed by atoms with Crippen molar-refractivity contribution in [3.63, 3.8) is 0 Å². The van der Waals surface area contributed by atoms with E-state index in [9.17, 15) is 9.18 Å². The number of halogens is 1. The third-order valence-corrected chi connectivity index (χ3v) is 3.42. The van der Waals surface area contributed by atoms with Crippen molar-refractivity contribution in [2.75, 3.05) is 11.9 Å². The molecule has 2 aromatic rings. The van der Waals surface area contributed by atoms with E-state index in [1.165, 1.54) is 12.1 Å². The minimum Gasteiger partial charge on any atom is -0.325 e. The number of amides is 1. The van der Waals surface area contributed by atoms with Gasteiger partial charge in [-0.1, -0.05) is 50.2 Å². The number of hydrogen-bond acceptors (Lipinski definition) is 2. The van der Waals surface area contributed by atoms with Crippen LogP contribution < -0.4 is 10.6 Å². The highest BCUT2D eigenvalue weighted by molar-refractivity contribution is 5.92. The third kappa shape index (κ3) is 4.67. The molecule has 2 rings (SSSR count). The monoisotopic (exact) mass is 300 g/mol. The Morgan fingerprint density at radius 1 is 1.09 bits per heavy atom. The van der Waals surface area contributed by atoms with Gasteiger partial charge in [0.15, 0.2) is 0 Å². The average molecular weight is 300 g/mol. The van der Waals surface area contributed by atoms with Crippen molar-refractivity contribution < 1.29 is 9.18 Å². The quantitative estimate of drug-likeness (QED) is 0.853. The van der Waals surface area contributed by atoms with Crippen LogP contribution in [0, 0.1) is 11.7 Å². The summed E-state index contributed by atoms with van der Waals surface area (Å²) in [7, 11) is 0. The Bertz CT molecular complexity index is 613. The first-order valence-electron chi connectivity index (χ1n) is 7.40. The molecule has 0 aliphatic heterocycles. The lowest BCUT2D eigenvalue weighted by Gasteiger charge is -2.22. The van der Waals surface area contributed by atoms with E-state index in [1.807, 2.05) is 30.3 Å². The van der Waals surface area contributed by atoms with Crippen LogP contribution in [0.4, 0.5) is 10.1 Å². The van der Waals surface area contributed by atoms with Gasteiger partial charge in [0.05, 0.1) is 6.54 Å². The second-order valence-corrected chi connectivity index (χ2v) is 5.57. The van der Waals surface area contributed by atoms with Crippen molar-refractivity contribution in [3.8, 4) is 0 Å². The summed E-state index contributed by atoms with van der Waals surface area (Å²) in [6.45, 7) is 4.39. The zero-order valence-electron chi connectivity index (χ0n) is 12.8. The fourth-order valence-electron chi connectivity index (χ4n) is 2.37. The third-order valence-electron chi connectivity index (χ3n) is 3.42. The zero-order chi connectivity index (χ0) is 15.9. The first-order chi connectivity index (χ1) is 10.6. The fraction of sp³-hybridized carbons (Fsp3) is 0.278. The highest BCUT2D eigenvalue weighted by Gasteiger charge is 2.16. The van der Waals surface area contributed by atoms with Crippen LogP contribution in [0.15, 0.2) is 54.6 Å². The summed E-state index contributed by atoms with van der Waals surface area (Å²) < 4.78 is 13.1. The first kappa shape index (κ1) is 16.2. The summed E-state index contributed by atoms with van der Waals surface area (Å²) in [6.07, 6.45) is 0. The van der Waals surface area contributed by atoms with E-state index in [1.54, 1.807) is 12.1 Å². The number of anilines is 1. The van der Waals surface area contributed by atoms with Crippen molar-refractivity contribution in [2.45, 2.75) is 19.9 Å². The topological polar surface area (TPSA) is 41.1 Å². The highest BCUT2D eigenvalue weighted by Crippen LogP contribution is 2.21. The van der Waals surface area contributed by atoms with Crippen molar-refractivity contribution in [1.82, 2.24) is 5.32 Å². The van der Waals surface area contributed by atoms with Gasteiger partial charge in [-0.25, -0.2) is 4.39 Å². The van der Waals surface area contributed by atoms with E-state index < -0.39 is 0 Å². The van der Waals surface area contributed by atoms with Crippen LogP contribution in [-0.4, -0.2) is 12.5 Å². The molecule has 0 aromatic heterocycles. The molecule has 0 unspecified atom stereocenters. The lowest BCUT2D eigenvalue weighted by molar-refractivity contribution is -0.115. The molecule has 3 nitrogen and oxygen atoms in total. The first-order valence-corrected chi connectivity index (χ1v) is 7.40. The normalized spacial score (nSPS) is 12.2. The maximum atomic E-state index is 13.1. The van der Waals surface area contributed by atoms with Gasteiger partial charge in [-0.05, 0) is 29.7 Å². The van der Waals surface area contributed by atoms with Crippen molar-refractivity contribution in [2.24, 2.45) is 5.92 Å². The van der Waals surface area contributed by atoms with Crippen LogP contribution in [0.1, 0.15) is 25.5 Å². The standard InChI is InChI=1S/C18H21FN2O/c1-13(2)18(14-7-4-3-5-8-14)20-12-17(22)21-16-10-6-9-15(19)11-16/h3-11,13,18,20H,12H2,1-2H3,(H,21,22)/t18-/m0/s1. The number of benzene rings is 2. The largest absolute Gasteiger partial charge is 0.325 e. The number of carbonyl (C=O) groups excluding carboxylic acids is 1. The second kappa shape index (κ2) is 7.71. The minimum atomic E-state index is -0.366. The number of carbonyl (C=O) groups is 1. The number of nitrogens with one attached hydrogen (secondary N) is 2. The molecule has 1 atom stereocenters. The SMILES string of the molecule is CC(C)[C@H](NCC(=O)Nc1cccc(F)c1)c1ccccc1. The van der Waals surface area contributed by atoms with Gasteiger partial charge in [0.25, 0.3) is 0 Å². The molecule has 0 radical (unpaired) electrons. The molecular formula is C18H21FN2O. The van der Waals surface area contributed by atoms with Gasteiger partial charge in [0.2, 0.25) is 5.91 Å². The summed E-state index contributed by atoms with van der Waals surface area (Å²) in [5, 5.41) is 5.95. The van der Waals surface area contributed by atoms with Crippen LogP contribution in [0.2, 0.25) is 0 Å². The lowest BCUT2D eigenvalue weighted by Crippen LogP contribution is -2.33. The van der Waals surface area contributed by atoms with Crippen LogP contribution in [0.3, 0.4) is 0 Å². The molecule has 0 spiro atoms. The summed E-state index contributed by atoms with van der Waals surface area (Å²) in [6, 6.07) is 16.0. The van der Waals surface area contributed by atoms with Gasteiger partial charge in [-0.15, -0.1) is 0 Å². The summed E-state index contributed by atoms with van der Waals surface area (Å²) in [5.41, 5.74) is 1.61. The molecule has 0 saturated heterocycles. The van der Waals surface area contributed by atoms with Gasteiger partial charge >= 0.3 is 0 Å². The van der Waals surface area contributed by atoms with Gasteiger partial charge in [-0.3, -0.25) is 4.79 Å². The number of rotatable bonds is 6. The molecule has 0 aliphatic rings. The minimum absolute atomic E-state index is 0.0967. The molecule has 0 heterocycles. The molecule has 0 aliphatic carbocycles. The van der Waals surface area contributed by atoms with E-state index in [4.69, 9.17) is 0 Å². The molecule has 2 aromatic carbocycles. The average Bonchev–Trinajstić information content (AvgIpc) is 2.48. The van der Waals surface area contributed by atoms with E-state index >= 15 is 0 Å². The maximum Gasteiger partial charge on any atom is 0.238 e. The summed E-state index contributed by atoms with van der Waals surface area (Å²) in [5.74, 6) is -0.202. The smallest absolute Gasteiger partial charge is 0.238 e. The molecule has 4 heteroatoms. The Balaban J connectivity index is 1.94. The van der Waals surface area contributed by atoms with Crippen molar-refractivity contribution in [3.05, 3.63) is 66.0 Å². The van der Waals surface area contributed by atoms with Gasteiger partial charge in [0.1, 0.15) is 5.82 Å². The predicted octanol–water partition coefficient (Wildman–Crippen LogP) is 3.75. The Kier molecular flexibility index (Phi) is 5.67. The Morgan fingerprint density at radius 2 is 1.82 bits per heavy atom. The number of hydrogen-bond donors (Lipinski definition) is 2. The molecule has 116 valence electrons. The fourth-order valence-corrected chi connectivity index (χ4v) is 2.37. The molecular weight excluding hydrogens is 279 g/mol. The lowest BCUT2D eigenvalue weighted by atomic mass is 9.96. The van der Waals surface area contributed by atoms with E-state index in [-0.39, 0.29) is 24.3 Å². The Morgan fingerprint density at radius 3 is 2.45 bits per heavy atom. The van der Waals surface area contributed by atoms with E-state index in [2.05, 4.69) is 24.5 Å². The van der Waals surface area contributed by atoms with Crippen molar-refractivity contribution in [1.29, 1.82) is 0 Å². The molecule has 0 saturated carbocycles. The van der Waals surface area contributed by atoms with Crippen LogP contribution in [0.5, 0.6) is 0 Å². The van der Waals surface area contributed by atoms with Gasteiger partial charge in [0, 0.05) is 11.7 Å². The van der Waals surface area contributed by atoms with Crippen LogP contribution >= 0.6 is 0 Å². The van der Waals surface area contributed by atoms with Gasteiger partial charge in [-0.2, -0.15) is 0 Å². The Labute approximate surface area is 130 Å². The van der Waals surface area contributed by atoms with E-state index in [0.717, 1.165) is 5.56 Å². The molecule has 0 bridgehead atoms.